The Morgan fingerprint density at radius 1 is 1.28 bits per heavy atom. The van der Waals surface area contributed by atoms with Crippen molar-refractivity contribution >= 4 is 11.6 Å². The summed E-state index contributed by atoms with van der Waals surface area (Å²) in [6.45, 7) is 6.00. The summed E-state index contributed by atoms with van der Waals surface area (Å²) < 4.78 is 5.69. The third-order valence-electron chi connectivity index (χ3n) is 2.37. The van der Waals surface area contributed by atoms with Crippen molar-refractivity contribution < 1.29 is 4.74 Å². The van der Waals surface area contributed by atoms with Crippen molar-refractivity contribution in [3.63, 3.8) is 0 Å². The molecule has 0 bridgehead atoms. The van der Waals surface area contributed by atoms with Gasteiger partial charge in [0.05, 0.1) is 18.0 Å². The summed E-state index contributed by atoms with van der Waals surface area (Å²) in [5, 5.41) is 7.56. The Balaban J connectivity index is 2.34. The number of aryl methyl sites for hydroxylation is 1. The molecule has 0 fully saturated rings. The minimum atomic E-state index is 0.146. The lowest BCUT2D eigenvalue weighted by Crippen LogP contribution is -2.06. The van der Waals surface area contributed by atoms with E-state index in [0.717, 1.165) is 16.9 Å². The van der Waals surface area contributed by atoms with Gasteiger partial charge in [0.2, 0.25) is 5.28 Å². The molecule has 94 valence electrons. The minimum Gasteiger partial charge on any atom is -0.491 e. The van der Waals surface area contributed by atoms with E-state index in [0.29, 0.717) is 5.69 Å². The van der Waals surface area contributed by atoms with Crippen LogP contribution in [0.4, 0.5) is 0 Å². The highest BCUT2D eigenvalue weighted by Crippen LogP contribution is 2.25. The van der Waals surface area contributed by atoms with Crippen molar-refractivity contribution in [1.82, 2.24) is 15.2 Å². The van der Waals surface area contributed by atoms with E-state index >= 15 is 0 Å². The van der Waals surface area contributed by atoms with Crippen molar-refractivity contribution in [3.05, 3.63) is 35.2 Å². The van der Waals surface area contributed by atoms with Gasteiger partial charge in [-0.05, 0) is 56.1 Å². The van der Waals surface area contributed by atoms with Crippen molar-refractivity contribution in [2.24, 2.45) is 0 Å². The molecule has 0 saturated carbocycles. The van der Waals surface area contributed by atoms with Gasteiger partial charge in [-0.25, -0.2) is 4.98 Å². The molecule has 0 aliphatic rings. The van der Waals surface area contributed by atoms with E-state index in [4.69, 9.17) is 16.3 Å². The van der Waals surface area contributed by atoms with Crippen molar-refractivity contribution in [3.8, 4) is 17.0 Å². The molecule has 1 aromatic heterocycles. The predicted octanol–water partition coefficient (Wildman–Crippen LogP) is 3.29. The van der Waals surface area contributed by atoms with Crippen LogP contribution in [0.1, 0.15) is 19.4 Å². The molecule has 0 aliphatic heterocycles. The molecule has 0 unspecified atom stereocenters. The molecule has 0 saturated heterocycles. The number of aromatic nitrogens is 3. The van der Waals surface area contributed by atoms with Gasteiger partial charge < -0.3 is 4.74 Å². The van der Waals surface area contributed by atoms with E-state index < -0.39 is 0 Å². The molecule has 0 aliphatic carbocycles. The highest BCUT2D eigenvalue weighted by molar-refractivity contribution is 6.28. The first-order chi connectivity index (χ1) is 8.56. The van der Waals surface area contributed by atoms with Gasteiger partial charge in [0.1, 0.15) is 5.75 Å². The Morgan fingerprint density at radius 2 is 2.06 bits per heavy atom. The Labute approximate surface area is 111 Å². The van der Waals surface area contributed by atoms with E-state index in [2.05, 4.69) is 15.2 Å². The smallest absolute Gasteiger partial charge is 0.243 e. The Bertz CT molecular complexity index is 558. The number of hydrogen-bond acceptors (Lipinski definition) is 4. The topological polar surface area (TPSA) is 47.9 Å². The molecule has 18 heavy (non-hydrogen) atoms. The Hall–Kier alpha value is -1.68. The maximum absolute atomic E-state index is 5.73. The van der Waals surface area contributed by atoms with Gasteiger partial charge in [0.15, 0.2) is 0 Å². The van der Waals surface area contributed by atoms with Gasteiger partial charge in [-0.1, -0.05) is 0 Å². The molecule has 2 aromatic rings. The number of halogens is 1. The number of nitrogens with zero attached hydrogens (tertiary/aromatic N) is 3. The van der Waals surface area contributed by atoms with Gasteiger partial charge in [-0.15, -0.1) is 5.10 Å². The lowest BCUT2D eigenvalue weighted by molar-refractivity contribution is 0.241. The van der Waals surface area contributed by atoms with Gasteiger partial charge in [-0.2, -0.15) is 5.10 Å². The van der Waals surface area contributed by atoms with Gasteiger partial charge in [-0.3, -0.25) is 0 Å². The molecular weight excluding hydrogens is 250 g/mol. The fourth-order valence-electron chi connectivity index (χ4n) is 1.62. The van der Waals surface area contributed by atoms with Gasteiger partial charge in [0.25, 0.3) is 0 Å². The van der Waals surface area contributed by atoms with Crippen LogP contribution in [0.5, 0.6) is 5.75 Å². The SMILES string of the molecule is Cc1cc(-c2cnnc(Cl)n2)ccc1OC(C)C. The van der Waals surface area contributed by atoms with E-state index in [1.54, 1.807) is 6.20 Å². The van der Waals surface area contributed by atoms with Crippen LogP contribution in [-0.4, -0.2) is 21.3 Å². The van der Waals surface area contributed by atoms with Gasteiger partial charge >= 0.3 is 0 Å². The number of hydrogen-bond donors (Lipinski definition) is 0. The zero-order chi connectivity index (χ0) is 13.1. The highest BCUT2D eigenvalue weighted by atomic mass is 35.5. The first kappa shape index (κ1) is 12.8. The molecule has 0 spiro atoms. The molecule has 5 heteroatoms. The van der Waals surface area contributed by atoms with E-state index in [-0.39, 0.29) is 11.4 Å². The van der Waals surface area contributed by atoms with Crippen molar-refractivity contribution in [2.75, 3.05) is 0 Å². The van der Waals surface area contributed by atoms with Crippen LogP contribution in [-0.2, 0) is 0 Å². The van der Waals surface area contributed by atoms with Crippen LogP contribution in [0.25, 0.3) is 11.3 Å². The minimum absolute atomic E-state index is 0.146. The largest absolute Gasteiger partial charge is 0.491 e. The lowest BCUT2D eigenvalue weighted by atomic mass is 10.1. The van der Waals surface area contributed by atoms with Crippen LogP contribution in [0.2, 0.25) is 5.28 Å². The predicted molar refractivity (Wildman–Crippen MR) is 70.8 cm³/mol. The highest BCUT2D eigenvalue weighted by Gasteiger charge is 2.06. The number of ether oxygens (including phenoxy) is 1. The van der Waals surface area contributed by atoms with Crippen LogP contribution >= 0.6 is 11.6 Å². The summed E-state index contributed by atoms with van der Waals surface area (Å²) in [4.78, 5) is 4.13. The quantitative estimate of drug-likeness (QED) is 0.853. The maximum atomic E-state index is 5.73. The molecule has 0 amide bonds. The fraction of sp³-hybridized carbons (Fsp3) is 0.308. The van der Waals surface area contributed by atoms with Crippen LogP contribution in [0.15, 0.2) is 24.4 Å². The van der Waals surface area contributed by atoms with E-state index in [9.17, 15) is 0 Å². The standard InChI is InChI=1S/C13H14ClN3O/c1-8(2)18-12-5-4-10(6-9(12)3)11-7-15-17-13(14)16-11/h4-8H,1-3H3. The summed E-state index contributed by atoms with van der Waals surface area (Å²) in [7, 11) is 0. The van der Waals surface area contributed by atoms with Crippen molar-refractivity contribution in [2.45, 2.75) is 26.9 Å². The Morgan fingerprint density at radius 3 is 2.67 bits per heavy atom. The molecule has 0 radical (unpaired) electrons. The average Bonchev–Trinajstić information content (AvgIpc) is 2.31. The monoisotopic (exact) mass is 263 g/mol. The molecular formula is C13H14ClN3O. The van der Waals surface area contributed by atoms with Crippen LogP contribution < -0.4 is 4.74 Å². The lowest BCUT2D eigenvalue weighted by Gasteiger charge is -2.13. The zero-order valence-electron chi connectivity index (χ0n) is 10.5. The summed E-state index contributed by atoms with van der Waals surface area (Å²) in [5.74, 6) is 0.877. The molecule has 0 atom stereocenters. The summed E-state index contributed by atoms with van der Waals surface area (Å²) in [6.07, 6.45) is 1.74. The molecule has 2 rings (SSSR count). The maximum Gasteiger partial charge on any atom is 0.243 e. The average molecular weight is 264 g/mol. The molecule has 1 aromatic carbocycles. The third kappa shape index (κ3) is 2.96. The molecule has 4 nitrogen and oxygen atoms in total. The fourth-order valence-corrected chi connectivity index (χ4v) is 1.75. The zero-order valence-corrected chi connectivity index (χ0v) is 11.3. The van der Waals surface area contributed by atoms with Gasteiger partial charge in [0, 0.05) is 5.56 Å². The second-order valence-electron chi connectivity index (χ2n) is 4.26. The summed E-state index contributed by atoms with van der Waals surface area (Å²) in [5.41, 5.74) is 2.70. The Kier molecular flexibility index (Phi) is 3.77. The molecule has 1 heterocycles. The second kappa shape index (κ2) is 5.31. The first-order valence-electron chi connectivity index (χ1n) is 5.69. The number of benzene rings is 1. The number of rotatable bonds is 3. The second-order valence-corrected chi connectivity index (χ2v) is 4.60. The normalized spacial score (nSPS) is 10.7. The summed E-state index contributed by atoms with van der Waals surface area (Å²) >= 11 is 5.73. The van der Waals surface area contributed by atoms with Crippen molar-refractivity contribution in [1.29, 1.82) is 0 Å². The third-order valence-corrected chi connectivity index (χ3v) is 2.53. The van der Waals surface area contributed by atoms with E-state index in [1.807, 2.05) is 39.0 Å². The van der Waals surface area contributed by atoms with E-state index in [1.165, 1.54) is 0 Å². The molecule has 0 N–H and O–H groups in total. The summed E-state index contributed by atoms with van der Waals surface area (Å²) in [6, 6.07) is 5.86. The van der Waals surface area contributed by atoms with Crippen LogP contribution in [0.3, 0.4) is 0 Å². The van der Waals surface area contributed by atoms with Crippen LogP contribution in [0, 0.1) is 6.92 Å². The first-order valence-corrected chi connectivity index (χ1v) is 6.07.